The van der Waals surface area contributed by atoms with Crippen LogP contribution in [0.25, 0.3) is 6.08 Å². The Balaban J connectivity index is 1.66. The summed E-state index contributed by atoms with van der Waals surface area (Å²) < 4.78 is 5.32. The zero-order chi connectivity index (χ0) is 20.1. The zero-order valence-electron chi connectivity index (χ0n) is 15.8. The van der Waals surface area contributed by atoms with Crippen molar-refractivity contribution in [2.24, 2.45) is 0 Å². The highest BCUT2D eigenvalue weighted by molar-refractivity contribution is 5.95. The molecule has 0 aliphatic carbocycles. The van der Waals surface area contributed by atoms with Gasteiger partial charge in [0.15, 0.2) is 6.10 Å². The molecule has 0 bridgehead atoms. The number of rotatable bonds is 5. The average Bonchev–Trinajstić information content (AvgIpc) is 2.68. The molecule has 2 atom stereocenters. The fraction of sp³-hybridized carbons (Fsp3) is 0.227. The number of ether oxygens (including phenoxy) is 1. The number of hydrogen-bond donors (Lipinski definition) is 1. The molecule has 1 N–H and O–H groups in total. The maximum absolute atomic E-state index is 12.5. The topological polar surface area (TPSA) is 75.7 Å². The summed E-state index contributed by atoms with van der Waals surface area (Å²) in [6.07, 6.45) is 2.53. The van der Waals surface area contributed by atoms with Crippen LogP contribution in [0.4, 0.5) is 5.69 Å². The number of hydrogen-bond acceptors (Lipinski definition) is 4. The van der Waals surface area contributed by atoms with Gasteiger partial charge in [0.05, 0.1) is 12.5 Å². The van der Waals surface area contributed by atoms with Crippen LogP contribution in [-0.2, 0) is 19.1 Å². The third-order valence-corrected chi connectivity index (χ3v) is 4.55. The van der Waals surface area contributed by atoms with Gasteiger partial charge in [-0.05, 0) is 36.3 Å². The summed E-state index contributed by atoms with van der Waals surface area (Å²) in [7, 11) is 0. The number of para-hydroxylation sites is 1. The lowest BCUT2D eigenvalue weighted by Crippen LogP contribution is -2.34. The van der Waals surface area contributed by atoms with Gasteiger partial charge in [0.2, 0.25) is 5.91 Å². The Bertz CT molecular complexity index is 908. The van der Waals surface area contributed by atoms with E-state index in [1.165, 1.54) is 18.7 Å². The molecule has 0 saturated carbocycles. The summed E-state index contributed by atoms with van der Waals surface area (Å²) in [6.45, 7) is 2.97. The van der Waals surface area contributed by atoms with Gasteiger partial charge in [-0.3, -0.25) is 14.4 Å². The lowest BCUT2D eigenvalue weighted by molar-refractivity contribution is -0.154. The molecule has 0 radical (unpaired) electrons. The second-order valence-electron chi connectivity index (χ2n) is 6.58. The fourth-order valence-corrected chi connectivity index (χ4v) is 3.14. The van der Waals surface area contributed by atoms with E-state index in [4.69, 9.17) is 4.74 Å². The van der Waals surface area contributed by atoms with Crippen LogP contribution in [-0.4, -0.2) is 28.8 Å². The largest absolute Gasteiger partial charge is 0.452 e. The number of carbonyl (C=O) groups is 3. The Hall–Kier alpha value is -3.41. The van der Waals surface area contributed by atoms with Gasteiger partial charge in [0, 0.05) is 18.8 Å². The number of fused-ring (bicyclic) bond motifs is 1. The summed E-state index contributed by atoms with van der Waals surface area (Å²) in [4.78, 5) is 38.2. The molecule has 2 aromatic rings. The number of carbonyl (C=O) groups excluding carboxylic acids is 3. The molecule has 1 heterocycles. The maximum Gasteiger partial charge on any atom is 0.309 e. The predicted molar refractivity (Wildman–Crippen MR) is 106 cm³/mol. The fourth-order valence-electron chi connectivity index (χ4n) is 3.14. The Morgan fingerprint density at radius 1 is 1.07 bits per heavy atom. The zero-order valence-corrected chi connectivity index (χ0v) is 15.8. The normalized spacial score (nSPS) is 16.1. The van der Waals surface area contributed by atoms with Gasteiger partial charge in [-0.1, -0.05) is 42.5 Å². The van der Waals surface area contributed by atoms with E-state index in [1.54, 1.807) is 30.5 Å². The van der Waals surface area contributed by atoms with E-state index in [2.05, 4.69) is 5.32 Å². The van der Waals surface area contributed by atoms with E-state index in [0.717, 1.165) is 11.1 Å². The Labute approximate surface area is 163 Å². The monoisotopic (exact) mass is 378 g/mol. The van der Waals surface area contributed by atoms with Crippen LogP contribution in [0.1, 0.15) is 37.4 Å². The molecule has 0 fully saturated rings. The van der Waals surface area contributed by atoms with Crippen LogP contribution in [0.2, 0.25) is 0 Å². The van der Waals surface area contributed by atoms with Gasteiger partial charge in [-0.15, -0.1) is 0 Å². The molecule has 1 aliphatic rings. The van der Waals surface area contributed by atoms with Crippen LogP contribution in [0, 0.1) is 0 Å². The molecule has 0 spiro atoms. The third-order valence-electron chi connectivity index (χ3n) is 4.55. The van der Waals surface area contributed by atoms with Crippen molar-refractivity contribution in [2.75, 3.05) is 5.32 Å². The first-order valence-corrected chi connectivity index (χ1v) is 9.07. The molecule has 6 nitrogen and oxygen atoms in total. The predicted octanol–water partition coefficient (Wildman–Crippen LogP) is 3.52. The number of benzene rings is 2. The minimum Gasteiger partial charge on any atom is -0.452 e. The molecular weight excluding hydrogens is 356 g/mol. The SMILES string of the molecule is CC(=O)N1C=Cc2ccccc2[C@@H]1CC(=O)O[C@H](C)C(=O)Nc1ccccc1. The van der Waals surface area contributed by atoms with Crippen LogP contribution in [0.15, 0.2) is 60.8 Å². The first kappa shape index (κ1) is 19.4. The molecule has 0 aromatic heterocycles. The molecule has 28 heavy (non-hydrogen) atoms. The minimum atomic E-state index is -0.951. The van der Waals surface area contributed by atoms with Crippen molar-refractivity contribution in [3.05, 3.63) is 71.9 Å². The van der Waals surface area contributed by atoms with Crippen molar-refractivity contribution in [2.45, 2.75) is 32.4 Å². The molecular formula is C22H22N2O4. The van der Waals surface area contributed by atoms with Crippen molar-refractivity contribution < 1.29 is 19.1 Å². The lowest BCUT2D eigenvalue weighted by Gasteiger charge is -2.32. The molecule has 6 heteroatoms. The third kappa shape index (κ3) is 4.46. The highest BCUT2D eigenvalue weighted by atomic mass is 16.5. The highest BCUT2D eigenvalue weighted by Crippen LogP contribution is 2.33. The molecule has 2 aromatic carbocycles. The summed E-state index contributed by atoms with van der Waals surface area (Å²) in [5.41, 5.74) is 2.45. The van der Waals surface area contributed by atoms with Gasteiger partial charge >= 0.3 is 5.97 Å². The lowest BCUT2D eigenvalue weighted by atomic mass is 9.94. The summed E-state index contributed by atoms with van der Waals surface area (Å²) >= 11 is 0. The average molecular weight is 378 g/mol. The van der Waals surface area contributed by atoms with Gasteiger partial charge in [0.1, 0.15) is 0 Å². The molecule has 1 aliphatic heterocycles. The first-order chi connectivity index (χ1) is 13.5. The van der Waals surface area contributed by atoms with Crippen molar-refractivity contribution in [3.63, 3.8) is 0 Å². The second kappa shape index (κ2) is 8.52. The highest BCUT2D eigenvalue weighted by Gasteiger charge is 2.30. The Morgan fingerprint density at radius 2 is 1.75 bits per heavy atom. The number of esters is 1. The molecule has 3 rings (SSSR count). The Morgan fingerprint density at radius 3 is 2.46 bits per heavy atom. The summed E-state index contributed by atoms with van der Waals surface area (Å²) in [5, 5.41) is 2.70. The van der Waals surface area contributed by atoms with E-state index in [1.807, 2.05) is 36.4 Å². The van der Waals surface area contributed by atoms with Crippen LogP contribution < -0.4 is 5.32 Å². The quantitative estimate of drug-likeness (QED) is 0.808. The summed E-state index contributed by atoms with van der Waals surface area (Å²) in [5.74, 6) is -1.12. The smallest absolute Gasteiger partial charge is 0.309 e. The van der Waals surface area contributed by atoms with Crippen molar-refractivity contribution >= 4 is 29.5 Å². The second-order valence-corrected chi connectivity index (χ2v) is 6.58. The van der Waals surface area contributed by atoms with Crippen molar-refractivity contribution in [1.29, 1.82) is 0 Å². The number of nitrogens with zero attached hydrogens (tertiary/aromatic N) is 1. The molecule has 0 saturated heterocycles. The van der Waals surface area contributed by atoms with E-state index < -0.39 is 24.0 Å². The minimum absolute atomic E-state index is 0.0378. The van der Waals surface area contributed by atoms with Crippen molar-refractivity contribution in [3.8, 4) is 0 Å². The van der Waals surface area contributed by atoms with Crippen LogP contribution in [0.3, 0.4) is 0 Å². The van der Waals surface area contributed by atoms with Crippen LogP contribution >= 0.6 is 0 Å². The number of nitrogens with one attached hydrogen (secondary N) is 1. The number of anilines is 1. The van der Waals surface area contributed by atoms with E-state index in [9.17, 15) is 14.4 Å². The van der Waals surface area contributed by atoms with Gasteiger partial charge in [-0.2, -0.15) is 0 Å². The number of amides is 2. The van der Waals surface area contributed by atoms with Crippen molar-refractivity contribution in [1.82, 2.24) is 4.90 Å². The van der Waals surface area contributed by atoms with E-state index in [-0.39, 0.29) is 12.3 Å². The Kier molecular flexibility index (Phi) is 5.89. The molecule has 144 valence electrons. The maximum atomic E-state index is 12.5. The molecule has 2 amide bonds. The van der Waals surface area contributed by atoms with E-state index >= 15 is 0 Å². The van der Waals surface area contributed by atoms with Gasteiger partial charge < -0.3 is 15.0 Å². The summed E-state index contributed by atoms with van der Waals surface area (Å²) in [6, 6.07) is 16.1. The van der Waals surface area contributed by atoms with E-state index in [0.29, 0.717) is 5.69 Å². The molecule has 0 unspecified atom stereocenters. The van der Waals surface area contributed by atoms with Gasteiger partial charge in [-0.25, -0.2) is 0 Å². The standard InChI is InChI=1S/C22H22N2O4/c1-15(22(27)23-18-9-4-3-5-10-18)28-21(26)14-20-19-11-7-6-8-17(19)12-13-24(20)16(2)25/h3-13,15,20H,14H2,1-2H3,(H,23,27)/t15-,20+/m1/s1. The van der Waals surface area contributed by atoms with Gasteiger partial charge in [0.25, 0.3) is 5.91 Å². The first-order valence-electron chi connectivity index (χ1n) is 9.07. The van der Waals surface area contributed by atoms with Crippen LogP contribution in [0.5, 0.6) is 0 Å².